The highest BCUT2D eigenvalue weighted by Crippen LogP contribution is 2.19. The van der Waals surface area contributed by atoms with E-state index in [9.17, 15) is 14.4 Å². The maximum absolute atomic E-state index is 11.7. The van der Waals surface area contributed by atoms with E-state index < -0.39 is 24.1 Å². The fraction of sp³-hybridized carbons (Fsp3) is 0.750. The van der Waals surface area contributed by atoms with Crippen molar-refractivity contribution < 1.29 is 24.2 Å². The zero-order chi connectivity index (χ0) is 14.6. The van der Waals surface area contributed by atoms with Crippen LogP contribution in [0.1, 0.15) is 33.6 Å². The van der Waals surface area contributed by atoms with Crippen LogP contribution in [0.25, 0.3) is 0 Å². The highest BCUT2D eigenvalue weighted by molar-refractivity contribution is 5.87. The van der Waals surface area contributed by atoms with Gasteiger partial charge in [-0.25, -0.2) is 4.79 Å². The molecule has 1 rings (SSSR count). The maximum atomic E-state index is 11.7. The van der Waals surface area contributed by atoms with Gasteiger partial charge in [-0.3, -0.25) is 9.59 Å². The normalized spacial score (nSPS) is 22.9. The first-order valence-electron chi connectivity index (χ1n) is 6.16. The number of carboxylic acids is 1. The van der Waals surface area contributed by atoms with Crippen LogP contribution < -0.4 is 10.6 Å². The number of carbonyl (C=O) groups is 3. The zero-order valence-electron chi connectivity index (χ0n) is 11.4. The molecule has 0 radical (unpaired) electrons. The number of carbonyl (C=O) groups excluding carboxylic acids is 2. The van der Waals surface area contributed by atoms with Gasteiger partial charge in [0.05, 0.1) is 6.54 Å². The predicted octanol–water partition coefficient (Wildman–Crippen LogP) is -0.350. The second kappa shape index (κ2) is 6.01. The highest BCUT2D eigenvalue weighted by atomic mass is 16.5. The minimum absolute atomic E-state index is 0.145. The summed E-state index contributed by atoms with van der Waals surface area (Å²) in [5, 5.41) is 13.9. The lowest BCUT2D eigenvalue weighted by Crippen LogP contribution is -2.47. The van der Waals surface area contributed by atoms with Crippen molar-refractivity contribution in [3.63, 3.8) is 0 Å². The summed E-state index contributed by atoms with van der Waals surface area (Å²) in [6.07, 6.45) is -1.06. The molecule has 108 valence electrons. The van der Waals surface area contributed by atoms with Crippen LogP contribution in [-0.2, 0) is 19.1 Å². The zero-order valence-corrected chi connectivity index (χ0v) is 11.4. The van der Waals surface area contributed by atoms with Gasteiger partial charge in [0.2, 0.25) is 11.8 Å². The van der Waals surface area contributed by atoms with Crippen LogP contribution in [-0.4, -0.2) is 47.2 Å². The van der Waals surface area contributed by atoms with E-state index in [1.807, 2.05) is 20.8 Å². The van der Waals surface area contributed by atoms with Crippen LogP contribution in [0.4, 0.5) is 0 Å². The number of aliphatic carboxylic acids is 1. The Morgan fingerprint density at radius 3 is 2.26 bits per heavy atom. The summed E-state index contributed by atoms with van der Waals surface area (Å²) < 4.78 is 5.07. The maximum Gasteiger partial charge on any atom is 0.332 e. The Morgan fingerprint density at radius 2 is 1.79 bits per heavy atom. The molecule has 7 heteroatoms. The van der Waals surface area contributed by atoms with Crippen molar-refractivity contribution in [2.45, 2.75) is 51.4 Å². The van der Waals surface area contributed by atoms with Gasteiger partial charge >= 0.3 is 5.97 Å². The van der Waals surface area contributed by atoms with Gasteiger partial charge in [0.15, 0.2) is 6.10 Å². The van der Waals surface area contributed by atoms with E-state index >= 15 is 0 Å². The predicted molar refractivity (Wildman–Crippen MR) is 66.4 cm³/mol. The molecule has 2 atom stereocenters. The third kappa shape index (κ3) is 5.25. The van der Waals surface area contributed by atoms with Crippen LogP contribution in [0.5, 0.6) is 0 Å². The van der Waals surface area contributed by atoms with Crippen molar-refractivity contribution in [1.82, 2.24) is 10.6 Å². The molecular weight excluding hydrogens is 252 g/mol. The topological polar surface area (TPSA) is 105 Å². The molecule has 1 aliphatic heterocycles. The largest absolute Gasteiger partial charge is 0.479 e. The molecule has 0 bridgehead atoms. The third-order valence-electron chi connectivity index (χ3n) is 2.53. The summed E-state index contributed by atoms with van der Waals surface area (Å²) in [5.41, 5.74) is -0.361. The summed E-state index contributed by atoms with van der Waals surface area (Å²) in [7, 11) is 0. The molecule has 0 aromatic carbocycles. The Hall–Kier alpha value is -1.63. The molecule has 0 saturated carbocycles. The lowest BCUT2D eigenvalue weighted by atomic mass is 10.1. The molecule has 0 spiro atoms. The van der Waals surface area contributed by atoms with E-state index in [1.54, 1.807) is 0 Å². The molecule has 19 heavy (non-hydrogen) atoms. The van der Waals surface area contributed by atoms with Gasteiger partial charge < -0.3 is 20.5 Å². The van der Waals surface area contributed by atoms with Gasteiger partial charge in [0.25, 0.3) is 0 Å². The van der Waals surface area contributed by atoms with Gasteiger partial charge in [-0.15, -0.1) is 0 Å². The highest BCUT2D eigenvalue weighted by Gasteiger charge is 2.34. The lowest BCUT2D eigenvalue weighted by molar-refractivity contribution is -0.152. The number of hydrogen-bond donors (Lipinski definition) is 3. The van der Waals surface area contributed by atoms with Crippen molar-refractivity contribution >= 4 is 17.8 Å². The molecule has 2 unspecified atom stereocenters. The Bertz CT molecular complexity index is 375. The van der Waals surface area contributed by atoms with E-state index in [0.29, 0.717) is 12.8 Å². The average Bonchev–Trinajstić information content (AvgIpc) is 2.72. The monoisotopic (exact) mass is 272 g/mol. The van der Waals surface area contributed by atoms with Crippen molar-refractivity contribution in [2.24, 2.45) is 0 Å². The molecule has 0 aromatic heterocycles. The quantitative estimate of drug-likeness (QED) is 0.649. The Labute approximate surface area is 111 Å². The summed E-state index contributed by atoms with van der Waals surface area (Å²) >= 11 is 0. The van der Waals surface area contributed by atoms with Crippen LogP contribution in [0.3, 0.4) is 0 Å². The van der Waals surface area contributed by atoms with E-state index in [-0.39, 0.29) is 18.0 Å². The first kappa shape index (κ1) is 15.4. The second-order valence-corrected chi connectivity index (χ2v) is 5.54. The molecule has 0 aromatic rings. The molecule has 1 fully saturated rings. The molecule has 0 aliphatic carbocycles. The Balaban J connectivity index is 2.33. The van der Waals surface area contributed by atoms with Gasteiger partial charge in [-0.05, 0) is 33.6 Å². The molecule has 1 heterocycles. The van der Waals surface area contributed by atoms with Crippen molar-refractivity contribution in [3.8, 4) is 0 Å². The smallest absolute Gasteiger partial charge is 0.332 e. The van der Waals surface area contributed by atoms with E-state index in [1.165, 1.54) is 0 Å². The van der Waals surface area contributed by atoms with E-state index in [4.69, 9.17) is 9.84 Å². The first-order chi connectivity index (χ1) is 8.69. The molecule has 2 amide bonds. The Morgan fingerprint density at radius 1 is 1.21 bits per heavy atom. The number of rotatable bonds is 4. The summed E-state index contributed by atoms with van der Waals surface area (Å²) in [6.45, 7) is 5.37. The molecule has 3 N–H and O–H groups in total. The summed E-state index contributed by atoms with van der Waals surface area (Å²) in [5.74, 6) is -1.82. The van der Waals surface area contributed by atoms with Crippen molar-refractivity contribution in [3.05, 3.63) is 0 Å². The number of hydrogen-bond acceptors (Lipinski definition) is 4. The molecule has 1 saturated heterocycles. The second-order valence-electron chi connectivity index (χ2n) is 5.54. The van der Waals surface area contributed by atoms with Gasteiger partial charge in [0, 0.05) is 5.54 Å². The Kier molecular flexibility index (Phi) is 4.88. The molecule has 1 aliphatic rings. The van der Waals surface area contributed by atoms with Crippen LogP contribution in [0.2, 0.25) is 0 Å². The van der Waals surface area contributed by atoms with Crippen LogP contribution >= 0.6 is 0 Å². The lowest BCUT2D eigenvalue weighted by Gasteiger charge is -2.20. The molecule has 7 nitrogen and oxygen atoms in total. The number of carboxylic acid groups (broad SMARTS) is 1. The standard InChI is InChI=1S/C12H20N2O5/c1-12(2,3)14-9(15)6-13-10(16)7-4-5-8(19-7)11(17)18/h7-8H,4-6H2,1-3H3,(H,13,16)(H,14,15)(H,17,18). The third-order valence-corrected chi connectivity index (χ3v) is 2.53. The van der Waals surface area contributed by atoms with Gasteiger partial charge in [-0.2, -0.15) is 0 Å². The minimum atomic E-state index is -1.07. The average molecular weight is 272 g/mol. The van der Waals surface area contributed by atoms with E-state index in [2.05, 4.69) is 10.6 Å². The summed E-state index contributed by atoms with van der Waals surface area (Å²) in [4.78, 5) is 33.8. The number of ether oxygens (including phenoxy) is 1. The number of nitrogens with one attached hydrogen (secondary N) is 2. The summed E-state index contributed by atoms with van der Waals surface area (Å²) in [6, 6.07) is 0. The fourth-order valence-corrected chi connectivity index (χ4v) is 1.76. The number of amides is 2. The first-order valence-corrected chi connectivity index (χ1v) is 6.16. The molecular formula is C12H20N2O5. The van der Waals surface area contributed by atoms with Gasteiger partial charge in [0.1, 0.15) is 6.10 Å². The van der Waals surface area contributed by atoms with Gasteiger partial charge in [-0.1, -0.05) is 0 Å². The van der Waals surface area contributed by atoms with Crippen LogP contribution in [0, 0.1) is 0 Å². The SMILES string of the molecule is CC(C)(C)NC(=O)CNC(=O)C1CCC(C(=O)O)O1. The minimum Gasteiger partial charge on any atom is -0.479 e. The fourth-order valence-electron chi connectivity index (χ4n) is 1.76. The van der Waals surface area contributed by atoms with E-state index in [0.717, 1.165) is 0 Å². The van der Waals surface area contributed by atoms with Crippen molar-refractivity contribution in [2.75, 3.05) is 6.54 Å². The van der Waals surface area contributed by atoms with Crippen molar-refractivity contribution in [1.29, 1.82) is 0 Å². The van der Waals surface area contributed by atoms with Crippen LogP contribution in [0.15, 0.2) is 0 Å².